The van der Waals surface area contributed by atoms with Gasteiger partial charge in [-0.1, -0.05) is 46.1 Å². The molecule has 4 aliphatic carbocycles. The molecule has 1 amide bonds. The Kier molecular flexibility index (Phi) is 11.3. The largest absolute Gasteiger partial charge is 0.466 e. The molecule has 0 aromatic carbocycles. The van der Waals surface area contributed by atoms with Crippen molar-refractivity contribution in [3.05, 3.63) is 11.6 Å². The fraction of sp³-hybridized carbons (Fsp3) is 0.865. The third-order valence-electron chi connectivity index (χ3n) is 13.2. The standard InChI is InChI=1S/C37H59NO9/c1-20(19-45-23(4)41)8-7-9-21(2)26-10-11-27-31-28(13-15-37(26,27)6)36(5)14-12-25(42)16-24(36)17-29(31)46-35-32(38-22(3)40)34(44)33(43)30(18-39)47-35/h16,20-21,26-35,39,43-44H,7-15,17-19H2,1-6H3,(H,38,40)/t20-,21-,26-,27?,28?,29-,30-,31+,32-,33-,34-,35-,36+,37-/m1/s1. The SMILES string of the molecule is CC(=O)N[C@H]1[C@H](O[C@@H]2CC3=CC(=O)CC[C@]3(C)C3CC[C@@]4(C)C(CC[C@@H]4[C@H](C)CCC[C@@H](C)COC(C)=O)[C@@H]32)O[C@H](CO)[C@@H](O)[C@@H]1O. The van der Waals surface area contributed by atoms with Gasteiger partial charge in [0.25, 0.3) is 0 Å². The molecule has 4 N–H and O–H groups in total. The second-order valence-electron chi connectivity index (χ2n) is 16.2. The zero-order chi connectivity index (χ0) is 34.3. The molecule has 14 atom stereocenters. The van der Waals surface area contributed by atoms with Crippen LogP contribution in [0.5, 0.6) is 0 Å². The molecule has 10 heteroatoms. The van der Waals surface area contributed by atoms with Crippen LogP contribution in [0, 0.1) is 46.3 Å². The molecule has 4 fully saturated rings. The normalized spacial score (nSPS) is 42.7. The van der Waals surface area contributed by atoms with Gasteiger partial charge in [-0.2, -0.15) is 0 Å². The van der Waals surface area contributed by atoms with Gasteiger partial charge in [0.1, 0.15) is 24.4 Å². The Labute approximate surface area is 280 Å². The zero-order valence-electron chi connectivity index (χ0n) is 29.3. The van der Waals surface area contributed by atoms with Crippen LogP contribution in [-0.4, -0.2) is 82.9 Å². The van der Waals surface area contributed by atoms with Crippen LogP contribution in [0.3, 0.4) is 0 Å². The summed E-state index contributed by atoms with van der Waals surface area (Å²) in [4.78, 5) is 36.1. The Morgan fingerprint density at radius 2 is 1.81 bits per heavy atom. The first-order chi connectivity index (χ1) is 22.2. The summed E-state index contributed by atoms with van der Waals surface area (Å²) in [6.07, 6.45) is 6.34. The second-order valence-corrected chi connectivity index (χ2v) is 16.2. The fourth-order valence-corrected chi connectivity index (χ4v) is 10.7. The summed E-state index contributed by atoms with van der Waals surface area (Å²) in [6.45, 7) is 12.1. The molecular weight excluding hydrogens is 602 g/mol. The summed E-state index contributed by atoms with van der Waals surface area (Å²) < 4.78 is 18.2. The molecule has 266 valence electrons. The van der Waals surface area contributed by atoms with Crippen LogP contribution in [0.25, 0.3) is 0 Å². The van der Waals surface area contributed by atoms with Crippen molar-refractivity contribution < 1.29 is 43.9 Å². The highest BCUT2D eigenvalue weighted by atomic mass is 16.7. The summed E-state index contributed by atoms with van der Waals surface area (Å²) in [7, 11) is 0. The fourth-order valence-electron chi connectivity index (χ4n) is 10.7. The summed E-state index contributed by atoms with van der Waals surface area (Å²) in [6, 6.07) is -1.01. The Morgan fingerprint density at radius 3 is 2.49 bits per heavy atom. The number of aliphatic hydroxyl groups excluding tert-OH is 3. The minimum absolute atomic E-state index is 0.0879. The minimum atomic E-state index is -1.38. The van der Waals surface area contributed by atoms with Gasteiger partial charge >= 0.3 is 5.97 Å². The van der Waals surface area contributed by atoms with Gasteiger partial charge in [-0.15, -0.1) is 0 Å². The maximum Gasteiger partial charge on any atom is 0.302 e. The van der Waals surface area contributed by atoms with Crippen molar-refractivity contribution >= 4 is 17.7 Å². The van der Waals surface area contributed by atoms with E-state index < -0.39 is 37.3 Å². The number of carbonyl (C=O) groups is 3. The van der Waals surface area contributed by atoms with E-state index in [9.17, 15) is 29.7 Å². The lowest BCUT2D eigenvalue weighted by atomic mass is 9.45. The topological polar surface area (TPSA) is 152 Å². The molecule has 3 saturated carbocycles. The average Bonchev–Trinajstić information content (AvgIpc) is 3.37. The smallest absolute Gasteiger partial charge is 0.302 e. The lowest BCUT2D eigenvalue weighted by molar-refractivity contribution is -0.296. The highest BCUT2D eigenvalue weighted by Crippen LogP contribution is 2.68. The van der Waals surface area contributed by atoms with Gasteiger partial charge in [-0.3, -0.25) is 14.4 Å². The molecule has 1 heterocycles. The number of fused-ring (bicyclic) bond motifs is 5. The number of ether oxygens (including phenoxy) is 3. The van der Waals surface area contributed by atoms with Crippen molar-refractivity contribution in [1.82, 2.24) is 5.32 Å². The highest BCUT2D eigenvalue weighted by molar-refractivity contribution is 5.91. The third kappa shape index (κ3) is 7.23. The van der Waals surface area contributed by atoms with E-state index in [2.05, 4.69) is 33.0 Å². The molecule has 0 aromatic heterocycles. The molecule has 5 aliphatic rings. The van der Waals surface area contributed by atoms with E-state index in [4.69, 9.17) is 14.2 Å². The molecule has 0 bridgehead atoms. The maximum atomic E-state index is 12.7. The Balaban J connectivity index is 1.39. The predicted molar refractivity (Wildman–Crippen MR) is 175 cm³/mol. The molecule has 0 spiro atoms. The van der Waals surface area contributed by atoms with E-state index in [1.807, 2.05) is 6.08 Å². The van der Waals surface area contributed by atoms with Crippen molar-refractivity contribution in [3.8, 4) is 0 Å². The monoisotopic (exact) mass is 661 g/mol. The number of hydrogen-bond donors (Lipinski definition) is 4. The van der Waals surface area contributed by atoms with Crippen LogP contribution in [-0.2, 0) is 28.6 Å². The maximum absolute atomic E-state index is 12.7. The van der Waals surface area contributed by atoms with Crippen molar-refractivity contribution in [2.24, 2.45) is 46.3 Å². The van der Waals surface area contributed by atoms with Gasteiger partial charge < -0.3 is 34.8 Å². The first kappa shape index (κ1) is 36.4. The van der Waals surface area contributed by atoms with E-state index in [1.54, 1.807) is 0 Å². The summed E-state index contributed by atoms with van der Waals surface area (Å²) >= 11 is 0. The summed E-state index contributed by atoms with van der Waals surface area (Å²) in [5.74, 6) is 1.93. The molecule has 2 unspecified atom stereocenters. The van der Waals surface area contributed by atoms with Gasteiger partial charge in [0.05, 0.1) is 19.3 Å². The quantitative estimate of drug-likeness (QED) is 0.240. The van der Waals surface area contributed by atoms with Crippen LogP contribution in [0.1, 0.15) is 106 Å². The van der Waals surface area contributed by atoms with E-state index in [0.29, 0.717) is 49.0 Å². The van der Waals surface area contributed by atoms with Gasteiger partial charge in [0.2, 0.25) is 5.91 Å². The lowest BCUT2D eigenvalue weighted by Crippen LogP contribution is -2.66. The van der Waals surface area contributed by atoms with Crippen LogP contribution in [0.4, 0.5) is 0 Å². The third-order valence-corrected chi connectivity index (χ3v) is 13.2. The molecular formula is C37H59NO9. The van der Waals surface area contributed by atoms with Gasteiger partial charge in [-0.05, 0) is 97.4 Å². The van der Waals surface area contributed by atoms with Crippen molar-refractivity contribution in [1.29, 1.82) is 0 Å². The molecule has 0 radical (unpaired) electrons. The molecule has 47 heavy (non-hydrogen) atoms. The first-order valence-electron chi connectivity index (χ1n) is 18.1. The Hall–Kier alpha value is -1.85. The highest BCUT2D eigenvalue weighted by Gasteiger charge is 2.63. The number of nitrogens with one attached hydrogen (secondary N) is 1. The van der Waals surface area contributed by atoms with Crippen LogP contribution in [0.15, 0.2) is 11.6 Å². The van der Waals surface area contributed by atoms with E-state index in [1.165, 1.54) is 13.8 Å². The van der Waals surface area contributed by atoms with Crippen LogP contribution in [0.2, 0.25) is 0 Å². The van der Waals surface area contributed by atoms with E-state index in [0.717, 1.165) is 56.9 Å². The number of esters is 1. The summed E-state index contributed by atoms with van der Waals surface area (Å²) in [5.41, 5.74) is 1.16. The molecule has 10 nitrogen and oxygen atoms in total. The van der Waals surface area contributed by atoms with Crippen LogP contribution < -0.4 is 5.32 Å². The van der Waals surface area contributed by atoms with Crippen molar-refractivity contribution in [2.75, 3.05) is 13.2 Å². The van der Waals surface area contributed by atoms with E-state index in [-0.39, 0.29) is 40.5 Å². The summed E-state index contributed by atoms with van der Waals surface area (Å²) in [5, 5.41) is 34.3. The number of rotatable bonds is 11. The number of carbonyl (C=O) groups excluding carboxylic acids is 3. The number of aliphatic hydroxyl groups is 3. The predicted octanol–water partition coefficient (Wildman–Crippen LogP) is 4.08. The lowest BCUT2D eigenvalue weighted by Gasteiger charge is -2.61. The average molecular weight is 662 g/mol. The number of hydrogen-bond acceptors (Lipinski definition) is 9. The van der Waals surface area contributed by atoms with Crippen LogP contribution >= 0.6 is 0 Å². The number of amides is 1. The molecule has 1 aliphatic heterocycles. The van der Waals surface area contributed by atoms with Gasteiger partial charge in [0, 0.05) is 20.3 Å². The Bertz CT molecular complexity index is 1190. The van der Waals surface area contributed by atoms with Crippen molar-refractivity contribution in [3.63, 3.8) is 0 Å². The Morgan fingerprint density at radius 1 is 1.06 bits per heavy atom. The second kappa shape index (κ2) is 14.6. The molecule has 5 rings (SSSR count). The molecule has 0 aromatic rings. The van der Waals surface area contributed by atoms with Crippen molar-refractivity contribution in [2.45, 2.75) is 142 Å². The van der Waals surface area contributed by atoms with Gasteiger partial charge in [0.15, 0.2) is 12.1 Å². The number of ketones is 1. The zero-order valence-corrected chi connectivity index (χ0v) is 29.3. The molecule has 1 saturated heterocycles. The van der Waals surface area contributed by atoms with Gasteiger partial charge in [-0.25, -0.2) is 0 Å². The first-order valence-corrected chi connectivity index (χ1v) is 18.1. The van der Waals surface area contributed by atoms with E-state index >= 15 is 0 Å². The minimum Gasteiger partial charge on any atom is -0.466 e.